The molecule has 0 heterocycles. The van der Waals surface area contributed by atoms with E-state index < -0.39 is 0 Å². The number of nitrogens with one attached hydrogen (secondary N) is 3. The quantitative estimate of drug-likeness (QED) is 0.567. The maximum atomic E-state index is 11.9. The number of rotatable bonds is 3. The number of carbonyl (C=O) groups excluding carboxylic acids is 1. The van der Waals surface area contributed by atoms with Crippen LogP contribution in [0.25, 0.3) is 5.70 Å². The predicted molar refractivity (Wildman–Crippen MR) is 97.7 cm³/mol. The number of fused-ring (bicyclic) bond motifs is 1. The molecule has 2 aromatic rings. The van der Waals surface area contributed by atoms with Crippen LogP contribution in [0.5, 0.6) is 0 Å². The molecule has 0 spiro atoms. The van der Waals surface area contributed by atoms with E-state index in [1.165, 1.54) is 6.08 Å². The van der Waals surface area contributed by atoms with Crippen LogP contribution in [0.15, 0.2) is 48.5 Å². The molecule has 0 saturated carbocycles. The van der Waals surface area contributed by atoms with Crippen LogP contribution >= 0.6 is 35.4 Å². The lowest BCUT2D eigenvalue weighted by Gasteiger charge is -2.14. The molecule has 0 fully saturated rings. The third-order valence-electron chi connectivity index (χ3n) is 3.25. The second kappa shape index (κ2) is 6.58. The van der Waals surface area contributed by atoms with Crippen molar-refractivity contribution in [3.8, 4) is 0 Å². The first-order valence-electron chi connectivity index (χ1n) is 6.68. The summed E-state index contributed by atoms with van der Waals surface area (Å²) in [6.07, 6.45) is 1.52. The number of ketones is 1. The second-order valence-electron chi connectivity index (χ2n) is 4.80. The Morgan fingerprint density at radius 1 is 1.04 bits per heavy atom. The molecule has 1 aliphatic rings. The van der Waals surface area contributed by atoms with Gasteiger partial charge >= 0.3 is 0 Å². The van der Waals surface area contributed by atoms with Gasteiger partial charge in [-0.1, -0.05) is 47.5 Å². The van der Waals surface area contributed by atoms with Gasteiger partial charge in [0.25, 0.3) is 0 Å². The van der Waals surface area contributed by atoms with Crippen molar-refractivity contribution in [3.63, 3.8) is 0 Å². The van der Waals surface area contributed by atoms with Gasteiger partial charge in [-0.15, -0.1) is 0 Å². The lowest BCUT2D eigenvalue weighted by atomic mass is 10.1. The first kappa shape index (κ1) is 15.8. The van der Waals surface area contributed by atoms with Crippen molar-refractivity contribution in [3.05, 3.63) is 69.7 Å². The lowest BCUT2D eigenvalue weighted by molar-refractivity contribution is 0.105. The highest BCUT2D eigenvalue weighted by Gasteiger charge is 2.20. The molecule has 0 aromatic heterocycles. The average molecular weight is 364 g/mol. The zero-order chi connectivity index (χ0) is 16.4. The summed E-state index contributed by atoms with van der Waals surface area (Å²) in [5, 5.41) is 4.27. The number of allylic oxidation sites excluding steroid dienone is 1. The van der Waals surface area contributed by atoms with Gasteiger partial charge in [0.2, 0.25) is 0 Å². The monoisotopic (exact) mass is 363 g/mol. The van der Waals surface area contributed by atoms with E-state index in [1.807, 2.05) is 18.2 Å². The molecule has 116 valence electrons. The molecule has 0 saturated heterocycles. The highest BCUT2D eigenvalue weighted by atomic mass is 35.5. The van der Waals surface area contributed by atoms with E-state index in [0.717, 1.165) is 5.56 Å². The summed E-state index contributed by atoms with van der Waals surface area (Å²) in [4.78, 5) is 11.9. The van der Waals surface area contributed by atoms with E-state index in [2.05, 4.69) is 16.2 Å². The van der Waals surface area contributed by atoms with Crippen LogP contribution in [0.1, 0.15) is 15.9 Å². The zero-order valence-corrected chi connectivity index (χ0v) is 14.0. The maximum Gasteiger partial charge on any atom is 0.189 e. The van der Waals surface area contributed by atoms with E-state index in [-0.39, 0.29) is 5.78 Å². The minimum absolute atomic E-state index is 0.0375. The standard InChI is InChI=1S/C16H11Cl2N3OS/c17-9-5-6-13(12(18)7-9)19-16(23)21-20-14-8-15(22)11-4-2-1-3-10(11)14/h1-8,20H,(H2,19,21,23). The van der Waals surface area contributed by atoms with Crippen LogP contribution in [-0.4, -0.2) is 10.9 Å². The van der Waals surface area contributed by atoms with Gasteiger partial charge in [-0.3, -0.25) is 15.6 Å². The van der Waals surface area contributed by atoms with Gasteiger partial charge in [-0.05, 0) is 30.4 Å². The van der Waals surface area contributed by atoms with Gasteiger partial charge in [-0.2, -0.15) is 0 Å². The Bertz CT molecular complexity index is 836. The molecule has 4 nitrogen and oxygen atoms in total. The Morgan fingerprint density at radius 2 is 1.78 bits per heavy atom. The topological polar surface area (TPSA) is 53.2 Å². The van der Waals surface area contributed by atoms with E-state index >= 15 is 0 Å². The first-order valence-corrected chi connectivity index (χ1v) is 7.84. The van der Waals surface area contributed by atoms with Gasteiger partial charge in [0.1, 0.15) is 0 Å². The smallest absolute Gasteiger partial charge is 0.189 e. The lowest BCUT2D eigenvalue weighted by Crippen LogP contribution is -2.38. The van der Waals surface area contributed by atoms with Crippen molar-refractivity contribution in [1.29, 1.82) is 0 Å². The van der Waals surface area contributed by atoms with Crippen molar-refractivity contribution in [2.24, 2.45) is 0 Å². The fraction of sp³-hybridized carbons (Fsp3) is 0. The van der Waals surface area contributed by atoms with Crippen molar-refractivity contribution in [2.45, 2.75) is 0 Å². The van der Waals surface area contributed by atoms with Crippen molar-refractivity contribution in [2.75, 3.05) is 5.32 Å². The maximum absolute atomic E-state index is 11.9. The Labute approximate surface area is 148 Å². The third-order valence-corrected chi connectivity index (χ3v) is 4.00. The minimum atomic E-state index is -0.0375. The Kier molecular flexibility index (Phi) is 4.52. The van der Waals surface area contributed by atoms with E-state index in [0.29, 0.717) is 32.1 Å². The number of carbonyl (C=O) groups is 1. The van der Waals surface area contributed by atoms with Gasteiger partial charge in [0.05, 0.1) is 16.4 Å². The summed E-state index contributed by atoms with van der Waals surface area (Å²) >= 11 is 17.1. The molecule has 3 rings (SSSR count). The van der Waals surface area contributed by atoms with Crippen molar-refractivity contribution in [1.82, 2.24) is 10.9 Å². The number of thiocarbonyl (C=S) groups is 1. The molecule has 0 unspecified atom stereocenters. The molecular weight excluding hydrogens is 353 g/mol. The minimum Gasteiger partial charge on any atom is -0.330 e. The highest BCUT2D eigenvalue weighted by Crippen LogP contribution is 2.26. The highest BCUT2D eigenvalue weighted by molar-refractivity contribution is 7.80. The van der Waals surface area contributed by atoms with E-state index in [9.17, 15) is 4.79 Å². The summed E-state index contributed by atoms with van der Waals surface area (Å²) in [7, 11) is 0. The Balaban J connectivity index is 1.64. The molecule has 0 bridgehead atoms. The average Bonchev–Trinajstić information content (AvgIpc) is 2.85. The zero-order valence-electron chi connectivity index (χ0n) is 11.7. The number of hydrogen-bond donors (Lipinski definition) is 3. The largest absolute Gasteiger partial charge is 0.330 e. The van der Waals surface area contributed by atoms with E-state index in [4.69, 9.17) is 35.4 Å². The Morgan fingerprint density at radius 3 is 2.52 bits per heavy atom. The fourth-order valence-electron chi connectivity index (χ4n) is 2.19. The fourth-order valence-corrected chi connectivity index (χ4v) is 2.81. The van der Waals surface area contributed by atoms with Gasteiger partial charge in [0.15, 0.2) is 10.9 Å². The van der Waals surface area contributed by atoms with Crippen molar-refractivity contribution >= 4 is 57.7 Å². The molecule has 3 N–H and O–H groups in total. The molecule has 23 heavy (non-hydrogen) atoms. The van der Waals surface area contributed by atoms with E-state index in [1.54, 1.807) is 24.3 Å². The SMILES string of the molecule is O=C1C=C(NNC(=S)Nc2ccc(Cl)cc2Cl)c2ccccc21. The second-order valence-corrected chi connectivity index (χ2v) is 6.05. The molecule has 2 aromatic carbocycles. The van der Waals surface area contributed by atoms with Crippen LogP contribution in [0, 0.1) is 0 Å². The number of hydrogen-bond acceptors (Lipinski definition) is 3. The van der Waals surface area contributed by atoms with Gasteiger partial charge < -0.3 is 5.32 Å². The summed E-state index contributed by atoms with van der Waals surface area (Å²) in [6.45, 7) is 0. The molecule has 0 amide bonds. The summed E-state index contributed by atoms with van der Waals surface area (Å²) in [5.41, 5.74) is 8.56. The predicted octanol–water partition coefficient (Wildman–Crippen LogP) is 4.02. The summed E-state index contributed by atoms with van der Waals surface area (Å²) in [6, 6.07) is 12.4. The van der Waals surface area contributed by atoms with Gasteiger partial charge in [-0.25, -0.2) is 0 Å². The Hall–Kier alpha value is -2.08. The normalized spacial score (nSPS) is 12.4. The van der Waals surface area contributed by atoms with Crippen LogP contribution < -0.4 is 16.2 Å². The number of halogens is 2. The van der Waals surface area contributed by atoms with Crippen LogP contribution in [0.3, 0.4) is 0 Å². The number of hydrazine groups is 1. The van der Waals surface area contributed by atoms with Gasteiger partial charge in [0, 0.05) is 22.2 Å². The first-order chi connectivity index (χ1) is 11.0. The molecular formula is C16H11Cl2N3OS. The molecule has 0 radical (unpaired) electrons. The molecule has 1 aliphatic carbocycles. The molecule has 7 heteroatoms. The number of benzene rings is 2. The third kappa shape index (κ3) is 3.47. The molecule has 0 aliphatic heterocycles. The van der Waals surface area contributed by atoms with Crippen molar-refractivity contribution < 1.29 is 4.79 Å². The van der Waals surface area contributed by atoms with Crippen LogP contribution in [0.4, 0.5) is 5.69 Å². The van der Waals surface area contributed by atoms with Crippen LogP contribution in [0.2, 0.25) is 10.0 Å². The number of anilines is 1. The summed E-state index contributed by atoms with van der Waals surface area (Å²) in [5.74, 6) is -0.0375. The van der Waals surface area contributed by atoms with Crippen LogP contribution in [-0.2, 0) is 0 Å². The summed E-state index contributed by atoms with van der Waals surface area (Å²) < 4.78 is 0. The molecule has 0 atom stereocenters.